The van der Waals surface area contributed by atoms with E-state index >= 15 is 0 Å². The van der Waals surface area contributed by atoms with E-state index in [-0.39, 0.29) is 0 Å². The quantitative estimate of drug-likeness (QED) is 0.484. The number of para-hydroxylation sites is 3. The lowest BCUT2D eigenvalue weighted by molar-refractivity contribution is -0.0906. The number of hydrogen-bond donors (Lipinski definition) is 1. The van der Waals surface area contributed by atoms with Crippen LogP contribution in [0.15, 0.2) is 78.9 Å². The molecule has 29 heavy (non-hydrogen) atoms. The molecule has 0 atom stereocenters. The summed E-state index contributed by atoms with van der Waals surface area (Å²) in [6.45, 7) is 7.28. The largest absolute Gasteiger partial charge is 0.485 e. The third-order valence-electron chi connectivity index (χ3n) is 5.53. The zero-order chi connectivity index (χ0) is 20.6. The van der Waals surface area contributed by atoms with Crippen molar-refractivity contribution in [1.29, 1.82) is 0 Å². The third-order valence-corrected chi connectivity index (χ3v) is 5.53. The van der Waals surface area contributed by atoms with Crippen molar-refractivity contribution in [3.05, 3.63) is 78.9 Å². The molecule has 0 bridgehead atoms. The Kier molecular flexibility index (Phi) is 4.67. The molecule has 4 rings (SSSR count). The van der Waals surface area contributed by atoms with Gasteiger partial charge in [-0.25, -0.2) is 4.98 Å². The average molecular weight is 386 g/mol. The molecular formula is C25H26N2O2. The van der Waals surface area contributed by atoms with Crippen molar-refractivity contribution in [2.75, 3.05) is 0 Å². The molecule has 3 aromatic carbocycles. The van der Waals surface area contributed by atoms with Gasteiger partial charge >= 0.3 is 0 Å². The predicted molar refractivity (Wildman–Crippen MR) is 118 cm³/mol. The summed E-state index contributed by atoms with van der Waals surface area (Å²) < 4.78 is 8.23. The predicted octanol–water partition coefficient (Wildman–Crippen LogP) is 5.62. The molecule has 0 saturated carbocycles. The Labute approximate surface area is 171 Å². The molecule has 0 aliphatic carbocycles. The van der Waals surface area contributed by atoms with Gasteiger partial charge in [-0.2, -0.15) is 0 Å². The van der Waals surface area contributed by atoms with E-state index in [0.29, 0.717) is 5.75 Å². The van der Waals surface area contributed by atoms with Crippen molar-refractivity contribution in [1.82, 2.24) is 9.55 Å². The molecule has 4 heteroatoms. The monoisotopic (exact) mass is 386 g/mol. The summed E-state index contributed by atoms with van der Waals surface area (Å²) >= 11 is 0. The molecule has 4 aromatic rings. The molecule has 0 spiro atoms. The summed E-state index contributed by atoms with van der Waals surface area (Å²) in [6, 6.07) is 26.3. The van der Waals surface area contributed by atoms with Crippen LogP contribution in [-0.2, 0) is 0 Å². The smallest absolute Gasteiger partial charge is 0.145 e. The molecule has 4 nitrogen and oxygen atoms in total. The number of benzene rings is 3. The zero-order valence-electron chi connectivity index (χ0n) is 17.3. The van der Waals surface area contributed by atoms with E-state index < -0.39 is 11.2 Å². The van der Waals surface area contributed by atoms with Crippen LogP contribution in [0.3, 0.4) is 0 Å². The SMILES string of the molecule is CC(C)(O)C(C)(C)Oc1ccc(-c2nc3ccccc3n2-c2ccccc2)cc1. The van der Waals surface area contributed by atoms with Crippen LogP contribution >= 0.6 is 0 Å². The van der Waals surface area contributed by atoms with Gasteiger partial charge in [0.25, 0.3) is 0 Å². The van der Waals surface area contributed by atoms with Gasteiger partial charge in [0.1, 0.15) is 17.2 Å². The van der Waals surface area contributed by atoms with Crippen molar-refractivity contribution in [2.24, 2.45) is 0 Å². The summed E-state index contributed by atoms with van der Waals surface area (Å²) in [7, 11) is 0. The van der Waals surface area contributed by atoms with Crippen molar-refractivity contribution < 1.29 is 9.84 Å². The average Bonchev–Trinajstić information content (AvgIpc) is 3.07. The maximum Gasteiger partial charge on any atom is 0.145 e. The molecule has 148 valence electrons. The van der Waals surface area contributed by atoms with Crippen LogP contribution in [0, 0.1) is 0 Å². The van der Waals surface area contributed by atoms with Crippen LogP contribution in [0.5, 0.6) is 5.75 Å². The highest BCUT2D eigenvalue weighted by Crippen LogP contribution is 2.32. The van der Waals surface area contributed by atoms with Crippen molar-refractivity contribution in [3.63, 3.8) is 0 Å². The summed E-state index contributed by atoms with van der Waals surface area (Å²) in [4.78, 5) is 4.88. The van der Waals surface area contributed by atoms with Crippen LogP contribution in [0.4, 0.5) is 0 Å². The van der Waals surface area contributed by atoms with Crippen LogP contribution < -0.4 is 4.74 Å². The van der Waals surface area contributed by atoms with E-state index in [0.717, 1.165) is 28.1 Å². The number of fused-ring (bicyclic) bond motifs is 1. The van der Waals surface area contributed by atoms with Gasteiger partial charge in [-0.3, -0.25) is 4.57 Å². The Bertz CT molecular complexity index is 1120. The Balaban J connectivity index is 1.76. The van der Waals surface area contributed by atoms with Gasteiger partial charge in [-0.1, -0.05) is 30.3 Å². The van der Waals surface area contributed by atoms with Gasteiger partial charge in [0, 0.05) is 11.3 Å². The molecule has 0 aliphatic heterocycles. The Morgan fingerprint density at radius 2 is 1.41 bits per heavy atom. The van der Waals surface area contributed by atoms with Gasteiger partial charge in [0.15, 0.2) is 0 Å². The number of hydrogen-bond acceptors (Lipinski definition) is 3. The molecule has 0 aliphatic rings. The van der Waals surface area contributed by atoms with Crippen LogP contribution in [0.1, 0.15) is 27.7 Å². The summed E-state index contributed by atoms with van der Waals surface area (Å²) in [6.07, 6.45) is 0. The Hall–Kier alpha value is -3.11. The molecule has 0 radical (unpaired) electrons. The van der Waals surface area contributed by atoms with Crippen LogP contribution in [-0.4, -0.2) is 25.9 Å². The number of nitrogens with zero attached hydrogens (tertiary/aromatic N) is 2. The lowest BCUT2D eigenvalue weighted by Gasteiger charge is -2.37. The Morgan fingerprint density at radius 1 is 0.793 bits per heavy atom. The highest BCUT2D eigenvalue weighted by molar-refractivity contribution is 5.83. The van der Waals surface area contributed by atoms with Gasteiger partial charge in [-0.15, -0.1) is 0 Å². The maximum absolute atomic E-state index is 10.3. The summed E-state index contributed by atoms with van der Waals surface area (Å²) in [5.74, 6) is 1.59. The molecule has 1 N–H and O–H groups in total. The van der Waals surface area contributed by atoms with Crippen molar-refractivity contribution in [3.8, 4) is 22.8 Å². The van der Waals surface area contributed by atoms with E-state index in [9.17, 15) is 5.11 Å². The van der Waals surface area contributed by atoms with Gasteiger partial charge in [-0.05, 0) is 76.2 Å². The highest BCUT2D eigenvalue weighted by Gasteiger charge is 2.37. The number of imidazole rings is 1. The van der Waals surface area contributed by atoms with Crippen LogP contribution in [0.25, 0.3) is 28.1 Å². The second kappa shape index (κ2) is 7.05. The highest BCUT2D eigenvalue weighted by atomic mass is 16.5. The van der Waals surface area contributed by atoms with Gasteiger partial charge in [0.2, 0.25) is 0 Å². The van der Waals surface area contributed by atoms with Gasteiger partial charge in [0.05, 0.1) is 16.6 Å². The van der Waals surface area contributed by atoms with E-state index in [2.05, 4.69) is 22.8 Å². The molecule has 0 fully saturated rings. The molecule has 0 amide bonds. The molecular weight excluding hydrogens is 360 g/mol. The van der Waals surface area contributed by atoms with Gasteiger partial charge < -0.3 is 9.84 Å². The van der Waals surface area contributed by atoms with Crippen molar-refractivity contribution >= 4 is 11.0 Å². The maximum atomic E-state index is 10.3. The fourth-order valence-electron chi connectivity index (χ4n) is 3.15. The van der Waals surface area contributed by atoms with E-state index in [1.54, 1.807) is 13.8 Å². The number of rotatable bonds is 5. The van der Waals surface area contributed by atoms with Crippen molar-refractivity contribution in [2.45, 2.75) is 38.9 Å². The molecule has 1 aromatic heterocycles. The first-order chi connectivity index (χ1) is 13.8. The topological polar surface area (TPSA) is 47.3 Å². The molecule has 1 heterocycles. The normalized spacial score (nSPS) is 12.3. The Morgan fingerprint density at radius 3 is 2.07 bits per heavy atom. The summed E-state index contributed by atoms with van der Waals surface area (Å²) in [5, 5.41) is 10.3. The summed E-state index contributed by atoms with van der Waals surface area (Å²) in [5.41, 5.74) is 2.41. The number of aliphatic hydroxyl groups is 1. The minimum Gasteiger partial charge on any atom is -0.485 e. The minimum absolute atomic E-state index is 0.711. The van der Waals surface area contributed by atoms with E-state index in [1.165, 1.54) is 0 Å². The third kappa shape index (κ3) is 3.64. The standard InChI is InChI=1S/C25H26N2O2/c1-24(2,28)25(3,4)29-20-16-14-18(15-17-20)23-26-21-12-8-9-13-22(21)27(23)19-10-6-5-7-11-19/h5-17,28H,1-4H3. The fourth-order valence-corrected chi connectivity index (χ4v) is 3.15. The number of aromatic nitrogens is 2. The second-order valence-electron chi connectivity index (χ2n) is 8.29. The van der Waals surface area contributed by atoms with Crippen LogP contribution in [0.2, 0.25) is 0 Å². The fraction of sp³-hybridized carbons (Fsp3) is 0.240. The number of ether oxygens (including phenoxy) is 1. The lowest BCUT2D eigenvalue weighted by atomic mass is 9.89. The first-order valence-corrected chi connectivity index (χ1v) is 9.81. The second-order valence-corrected chi connectivity index (χ2v) is 8.29. The first kappa shape index (κ1) is 19.2. The first-order valence-electron chi connectivity index (χ1n) is 9.81. The molecule has 0 unspecified atom stereocenters. The van der Waals surface area contributed by atoms with E-state index in [4.69, 9.17) is 9.72 Å². The minimum atomic E-state index is -0.965. The lowest BCUT2D eigenvalue weighted by Crippen LogP contribution is -2.49. The molecule has 0 saturated heterocycles. The van der Waals surface area contributed by atoms with E-state index in [1.807, 2.05) is 74.5 Å². The zero-order valence-corrected chi connectivity index (χ0v) is 17.3.